The van der Waals surface area contributed by atoms with Crippen LogP contribution < -0.4 is 24.8 Å². The molecule has 7 nitrogen and oxygen atoms in total. The van der Waals surface area contributed by atoms with Gasteiger partial charge in [0.25, 0.3) is 0 Å². The van der Waals surface area contributed by atoms with Crippen LogP contribution >= 0.6 is 11.6 Å². The lowest BCUT2D eigenvalue weighted by atomic mass is 10.1. The molecule has 0 saturated carbocycles. The largest absolute Gasteiger partial charge is 0.495 e. The molecular formula is C18H21ClN2O5. The number of anilines is 1. The van der Waals surface area contributed by atoms with Crippen molar-refractivity contribution in [1.82, 2.24) is 5.32 Å². The minimum Gasteiger partial charge on any atom is -0.495 e. The maximum atomic E-state index is 12.1. The van der Waals surface area contributed by atoms with Crippen LogP contribution in [-0.4, -0.2) is 39.0 Å². The third-order valence-corrected chi connectivity index (χ3v) is 3.89. The number of methoxy groups -OCH3 is 3. The Balaban J connectivity index is 1.98. The summed E-state index contributed by atoms with van der Waals surface area (Å²) in [7, 11) is 4.54. The Morgan fingerprint density at radius 1 is 1.04 bits per heavy atom. The molecule has 0 aliphatic carbocycles. The van der Waals surface area contributed by atoms with Gasteiger partial charge in [-0.1, -0.05) is 17.7 Å². The van der Waals surface area contributed by atoms with Gasteiger partial charge in [0.1, 0.15) is 5.75 Å². The van der Waals surface area contributed by atoms with Gasteiger partial charge in [-0.15, -0.1) is 0 Å². The van der Waals surface area contributed by atoms with Crippen LogP contribution in [0.15, 0.2) is 36.4 Å². The van der Waals surface area contributed by atoms with Crippen molar-refractivity contribution < 1.29 is 24.1 Å². The second-order valence-corrected chi connectivity index (χ2v) is 5.75. The number of ether oxygens (including phenoxy) is 3. The summed E-state index contributed by atoms with van der Waals surface area (Å²) in [6, 6.07) is 9.43. The molecule has 0 aromatic heterocycles. The summed E-state index contributed by atoms with van der Waals surface area (Å²) in [5, 5.41) is 16.0. The van der Waals surface area contributed by atoms with Gasteiger partial charge < -0.3 is 30.0 Å². The van der Waals surface area contributed by atoms with Crippen LogP contribution in [0.3, 0.4) is 0 Å². The smallest absolute Gasteiger partial charge is 0.319 e. The SMILES string of the molecule is COc1ccc(Cl)cc1NC(=O)NCC(O)c1ccc(OC)c(OC)c1. The molecule has 0 aliphatic heterocycles. The Hall–Kier alpha value is -2.64. The molecule has 2 rings (SSSR count). The van der Waals surface area contributed by atoms with Crippen molar-refractivity contribution in [2.45, 2.75) is 6.10 Å². The fourth-order valence-electron chi connectivity index (χ4n) is 2.31. The second-order valence-electron chi connectivity index (χ2n) is 5.31. The fourth-order valence-corrected chi connectivity index (χ4v) is 2.48. The number of amides is 2. The van der Waals surface area contributed by atoms with Crippen molar-refractivity contribution in [3.63, 3.8) is 0 Å². The topological polar surface area (TPSA) is 89.1 Å². The molecule has 0 fully saturated rings. The summed E-state index contributed by atoms with van der Waals surface area (Å²) >= 11 is 5.93. The maximum absolute atomic E-state index is 12.1. The lowest BCUT2D eigenvalue weighted by molar-refractivity contribution is 0.174. The minimum absolute atomic E-state index is 0.00416. The number of rotatable bonds is 7. The first-order chi connectivity index (χ1) is 12.5. The van der Waals surface area contributed by atoms with Gasteiger partial charge in [0.15, 0.2) is 11.5 Å². The summed E-state index contributed by atoms with van der Waals surface area (Å²) in [5.74, 6) is 1.53. The van der Waals surface area contributed by atoms with Gasteiger partial charge in [0.2, 0.25) is 0 Å². The first-order valence-corrected chi connectivity index (χ1v) is 8.14. The molecule has 1 unspecified atom stereocenters. The van der Waals surface area contributed by atoms with Gasteiger partial charge in [-0.2, -0.15) is 0 Å². The highest BCUT2D eigenvalue weighted by Gasteiger charge is 2.14. The predicted molar refractivity (Wildman–Crippen MR) is 99.5 cm³/mol. The quantitative estimate of drug-likeness (QED) is 0.686. The number of carbonyl (C=O) groups is 1. The van der Waals surface area contributed by atoms with Gasteiger partial charge >= 0.3 is 6.03 Å². The molecule has 0 radical (unpaired) electrons. The van der Waals surface area contributed by atoms with E-state index in [4.69, 9.17) is 25.8 Å². The van der Waals surface area contributed by atoms with Gasteiger partial charge in [0.05, 0.1) is 33.1 Å². The van der Waals surface area contributed by atoms with Crippen molar-refractivity contribution in [1.29, 1.82) is 0 Å². The highest BCUT2D eigenvalue weighted by molar-refractivity contribution is 6.31. The fraction of sp³-hybridized carbons (Fsp3) is 0.278. The zero-order chi connectivity index (χ0) is 19.1. The Morgan fingerprint density at radius 2 is 1.69 bits per heavy atom. The van der Waals surface area contributed by atoms with Crippen LogP contribution in [0.5, 0.6) is 17.2 Å². The van der Waals surface area contributed by atoms with E-state index in [2.05, 4.69) is 10.6 Å². The number of halogens is 1. The van der Waals surface area contributed by atoms with Crippen molar-refractivity contribution in [2.24, 2.45) is 0 Å². The molecule has 2 aromatic rings. The first kappa shape index (κ1) is 19.7. The summed E-state index contributed by atoms with van der Waals surface area (Å²) in [4.78, 5) is 12.1. The molecule has 0 heterocycles. The number of urea groups is 1. The van der Waals surface area contributed by atoms with Crippen molar-refractivity contribution in [3.05, 3.63) is 47.0 Å². The number of carbonyl (C=O) groups excluding carboxylic acids is 1. The summed E-state index contributed by atoms with van der Waals surface area (Å²) < 4.78 is 15.5. The zero-order valence-electron chi connectivity index (χ0n) is 14.7. The molecule has 0 spiro atoms. The van der Waals surface area contributed by atoms with E-state index in [0.717, 1.165) is 0 Å². The average molecular weight is 381 g/mol. The van der Waals surface area contributed by atoms with E-state index in [1.54, 1.807) is 36.4 Å². The predicted octanol–water partition coefficient (Wildman–Crippen LogP) is 3.22. The van der Waals surface area contributed by atoms with Crippen molar-refractivity contribution in [3.8, 4) is 17.2 Å². The summed E-state index contributed by atoms with van der Waals surface area (Å²) in [6.45, 7) is 0.00416. The highest BCUT2D eigenvalue weighted by Crippen LogP contribution is 2.30. The molecule has 8 heteroatoms. The molecule has 3 N–H and O–H groups in total. The number of hydrogen-bond acceptors (Lipinski definition) is 5. The van der Waals surface area contributed by atoms with Gasteiger partial charge in [0, 0.05) is 11.6 Å². The van der Waals surface area contributed by atoms with E-state index in [1.807, 2.05) is 0 Å². The van der Waals surface area contributed by atoms with Crippen LogP contribution in [0.4, 0.5) is 10.5 Å². The van der Waals surface area contributed by atoms with E-state index in [-0.39, 0.29) is 6.54 Å². The van der Waals surface area contributed by atoms with E-state index >= 15 is 0 Å². The standard InChI is InChI=1S/C18H21ClN2O5/c1-24-15-7-5-12(19)9-13(15)21-18(23)20-10-14(22)11-4-6-16(25-2)17(8-11)26-3/h4-9,14,22H,10H2,1-3H3,(H2,20,21,23). The number of aliphatic hydroxyl groups is 1. The van der Waals surface area contributed by atoms with Gasteiger partial charge in [-0.05, 0) is 35.9 Å². The molecule has 140 valence electrons. The Bertz CT molecular complexity index is 769. The van der Waals surface area contributed by atoms with E-state index < -0.39 is 12.1 Å². The molecule has 1 atom stereocenters. The Kier molecular flexibility index (Phi) is 6.94. The van der Waals surface area contributed by atoms with Gasteiger partial charge in [-0.3, -0.25) is 0 Å². The number of hydrogen-bond donors (Lipinski definition) is 3. The van der Waals surface area contributed by atoms with Crippen LogP contribution in [0.1, 0.15) is 11.7 Å². The third kappa shape index (κ3) is 4.93. The monoisotopic (exact) mass is 380 g/mol. The highest BCUT2D eigenvalue weighted by atomic mass is 35.5. The lowest BCUT2D eigenvalue weighted by Crippen LogP contribution is -2.32. The van der Waals surface area contributed by atoms with Crippen molar-refractivity contribution in [2.75, 3.05) is 33.2 Å². The van der Waals surface area contributed by atoms with E-state index in [0.29, 0.717) is 33.5 Å². The van der Waals surface area contributed by atoms with Crippen LogP contribution in [0.25, 0.3) is 0 Å². The molecular weight excluding hydrogens is 360 g/mol. The molecule has 0 saturated heterocycles. The number of aliphatic hydroxyl groups excluding tert-OH is 1. The second kappa shape index (κ2) is 9.17. The van der Waals surface area contributed by atoms with Crippen molar-refractivity contribution >= 4 is 23.3 Å². The third-order valence-electron chi connectivity index (χ3n) is 3.66. The normalized spacial score (nSPS) is 11.4. The van der Waals surface area contributed by atoms with Crippen LogP contribution in [-0.2, 0) is 0 Å². The van der Waals surface area contributed by atoms with Crippen LogP contribution in [0, 0.1) is 0 Å². The zero-order valence-corrected chi connectivity index (χ0v) is 15.5. The molecule has 2 amide bonds. The van der Waals surface area contributed by atoms with Gasteiger partial charge in [-0.25, -0.2) is 4.79 Å². The number of nitrogens with one attached hydrogen (secondary N) is 2. The Morgan fingerprint density at radius 3 is 2.35 bits per heavy atom. The first-order valence-electron chi connectivity index (χ1n) is 7.76. The maximum Gasteiger partial charge on any atom is 0.319 e. The summed E-state index contributed by atoms with van der Waals surface area (Å²) in [5.41, 5.74) is 1.02. The lowest BCUT2D eigenvalue weighted by Gasteiger charge is -2.16. The molecule has 0 aliphatic rings. The number of benzene rings is 2. The van der Waals surface area contributed by atoms with E-state index in [9.17, 15) is 9.90 Å². The molecule has 2 aromatic carbocycles. The Labute approximate surface area is 156 Å². The molecule has 0 bridgehead atoms. The van der Waals surface area contributed by atoms with E-state index in [1.165, 1.54) is 21.3 Å². The molecule has 26 heavy (non-hydrogen) atoms. The minimum atomic E-state index is -0.915. The van der Waals surface area contributed by atoms with Crippen LogP contribution in [0.2, 0.25) is 5.02 Å². The average Bonchev–Trinajstić information content (AvgIpc) is 2.65. The summed E-state index contributed by atoms with van der Waals surface area (Å²) in [6.07, 6.45) is -0.915.